The lowest BCUT2D eigenvalue weighted by Gasteiger charge is -2.21. The van der Waals surface area contributed by atoms with Gasteiger partial charge in [0.2, 0.25) is 5.91 Å². The van der Waals surface area contributed by atoms with Gasteiger partial charge < -0.3 is 19.5 Å². The molecule has 2 aromatic carbocycles. The monoisotopic (exact) mass is 529 g/mol. The predicted octanol–water partition coefficient (Wildman–Crippen LogP) is 4.78. The third kappa shape index (κ3) is 6.05. The van der Waals surface area contributed by atoms with Crippen molar-refractivity contribution in [3.63, 3.8) is 0 Å². The van der Waals surface area contributed by atoms with Gasteiger partial charge in [0.15, 0.2) is 0 Å². The predicted molar refractivity (Wildman–Crippen MR) is 148 cm³/mol. The highest BCUT2D eigenvalue weighted by molar-refractivity contribution is 6.45. The van der Waals surface area contributed by atoms with Crippen molar-refractivity contribution in [2.45, 2.75) is 52.0 Å². The Bertz CT molecular complexity index is 1390. The summed E-state index contributed by atoms with van der Waals surface area (Å²) < 4.78 is 6.75. The van der Waals surface area contributed by atoms with E-state index < -0.39 is 17.7 Å². The molecular weight excluding hydrogens is 494 g/mol. The van der Waals surface area contributed by atoms with Crippen molar-refractivity contribution in [1.82, 2.24) is 9.47 Å². The molecule has 5 rings (SSSR count). The number of hydrogen-bond donors (Lipinski definition) is 1. The number of amides is 2. The van der Waals surface area contributed by atoms with Crippen molar-refractivity contribution in [2.75, 3.05) is 25.0 Å². The number of carbonyl (C=O) groups is 4. The number of carbonyl (C=O) groups excluding carboxylic acids is 4. The van der Waals surface area contributed by atoms with E-state index in [4.69, 9.17) is 4.74 Å². The molecule has 2 atom stereocenters. The van der Waals surface area contributed by atoms with Crippen LogP contribution in [0.5, 0.6) is 0 Å². The van der Waals surface area contributed by atoms with Crippen molar-refractivity contribution >= 4 is 40.2 Å². The molecule has 0 spiro atoms. The van der Waals surface area contributed by atoms with E-state index >= 15 is 0 Å². The number of ketones is 1. The summed E-state index contributed by atoms with van der Waals surface area (Å²) in [7, 11) is 0. The molecule has 1 N–H and O–H groups in total. The van der Waals surface area contributed by atoms with Gasteiger partial charge in [-0.25, -0.2) is 0 Å². The summed E-state index contributed by atoms with van der Waals surface area (Å²) in [5.41, 5.74) is 2.54. The van der Waals surface area contributed by atoms with Crippen LogP contribution in [0.15, 0.2) is 54.7 Å². The number of fused-ring (bicyclic) bond motifs is 1. The fourth-order valence-corrected chi connectivity index (χ4v) is 5.24. The van der Waals surface area contributed by atoms with Crippen molar-refractivity contribution in [2.24, 2.45) is 11.8 Å². The van der Waals surface area contributed by atoms with Gasteiger partial charge in [0.05, 0.1) is 12.2 Å². The Morgan fingerprint density at radius 2 is 1.82 bits per heavy atom. The average Bonchev–Trinajstić information content (AvgIpc) is 3.86. The molecule has 2 aliphatic rings. The third-order valence-corrected chi connectivity index (χ3v) is 7.50. The molecule has 8 heteroatoms. The molecule has 2 fully saturated rings. The van der Waals surface area contributed by atoms with Gasteiger partial charge in [-0.05, 0) is 68.2 Å². The van der Waals surface area contributed by atoms with Crippen LogP contribution in [0.4, 0.5) is 5.69 Å². The van der Waals surface area contributed by atoms with E-state index in [2.05, 4.69) is 5.32 Å². The zero-order chi connectivity index (χ0) is 27.5. The first kappa shape index (κ1) is 26.7. The summed E-state index contributed by atoms with van der Waals surface area (Å²) in [6.07, 6.45) is 5.27. The lowest BCUT2D eigenvalue weighted by Crippen LogP contribution is -2.38. The zero-order valence-electron chi connectivity index (χ0n) is 22.5. The Hall–Kier alpha value is -3.94. The number of hydrogen-bond acceptors (Lipinski definition) is 5. The van der Waals surface area contributed by atoms with E-state index in [1.165, 1.54) is 0 Å². The number of nitrogens with one attached hydrogen (secondary N) is 1. The van der Waals surface area contributed by atoms with Gasteiger partial charge in [-0.15, -0.1) is 0 Å². The van der Waals surface area contributed by atoms with Crippen molar-refractivity contribution < 1.29 is 23.9 Å². The average molecular weight is 530 g/mol. The number of benzene rings is 2. The molecule has 0 bridgehead atoms. The molecule has 1 heterocycles. The number of anilines is 1. The van der Waals surface area contributed by atoms with E-state index in [-0.39, 0.29) is 36.5 Å². The molecule has 0 radical (unpaired) electrons. The van der Waals surface area contributed by atoms with E-state index in [0.29, 0.717) is 35.6 Å². The Balaban J connectivity index is 1.41. The zero-order valence-corrected chi connectivity index (χ0v) is 22.5. The van der Waals surface area contributed by atoms with Gasteiger partial charge >= 0.3 is 5.97 Å². The Morgan fingerprint density at radius 1 is 1.05 bits per heavy atom. The number of Topliss-reactive ketones (excluding diaryl/α,β-unsaturated/α-hetero) is 1. The fraction of sp³-hybridized carbons (Fsp3) is 0.419. The van der Waals surface area contributed by atoms with Gasteiger partial charge in [0, 0.05) is 41.8 Å². The van der Waals surface area contributed by atoms with Crippen LogP contribution in [0.1, 0.15) is 61.4 Å². The Labute approximate surface area is 228 Å². The quantitative estimate of drug-likeness (QED) is 0.207. The summed E-state index contributed by atoms with van der Waals surface area (Å²) in [5, 5.41) is 3.51. The highest BCUT2D eigenvalue weighted by Crippen LogP contribution is 2.48. The molecule has 39 heavy (non-hydrogen) atoms. The molecule has 1 aromatic heterocycles. The highest BCUT2D eigenvalue weighted by Gasteiger charge is 2.43. The van der Waals surface area contributed by atoms with Gasteiger partial charge in [-0.2, -0.15) is 0 Å². The molecule has 204 valence electrons. The van der Waals surface area contributed by atoms with Crippen LogP contribution in [-0.4, -0.2) is 52.7 Å². The number of nitrogens with zero attached hydrogens (tertiary/aromatic N) is 2. The van der Waals surface area contributed by atoms with E-state index in [1.807, 2.05) is 37.3 Å². The summed E-state index contributed by atoms with van der Waals surface area (Å²) in [5.74, 6) is -1.09. The van der Waals surface area contributed by atoms with Crippen LogP contribution >= 0.6 is 0 Å². The van der Waals surface area contributed by atoms with Crippen LogP contribution < -0.4 is 5.32 Å². The van der Waals surface area contributed by atoms with Gasteiger partial charge in [0.1, 0.15) is 6.54 Å². The Kier molecular flexibility index (Phi) is 7.82. The second-order valence-electron chi connectivity index (χ2n) is 10.6. The lowest BCUT2D eigenvalue weighted by atomic mass is 10.1. The summed E-state index contributed by atoms with van der Waals surface area (Å²) in [6.45, 7) is 4.99. The molecular formula is C31H35N3O5. The summed E-state index contributed by atoms with van der Waals surface area (Å²) >= 11 is 0. The topological polar surface area (TPSA) is 97.7 Å². The minimum atomic E-state index is -0.605. The van der Waals surface area contributed by atoms with Crippen molar-refractivity contribution in [3.8, 4) is 0 Å². The van der Waals surface area contributed by atoms with Crippen molar-refractivity contribution in [3.05, 3.63) is 65.9 Å². The summed E-state index contributed by atoms with van der Waals surface area (Å²) in [4.78, 5) is 53.8. The second kappa shape index (κ2) is 11.4. The van der Waals surface area contributed by atoms with E-state index in [0.717, 1.165) is 31.2 Å². The highest BCUT2D eigenvalue weighted by atomic mass is 16.5. The molecule has 2 saturated carbocycles. The molecule has 8 nitrogen and oxygen atoms in total. The number of esters is 1. The van der Waals surface area contributed by atoms with E-state index in [9.17, 15) is 19.2 Å². The minimum absolute atomic E-state index is 0.0725. The maximum atomic E-state index is 13.5. The van der Waals surface area contributed by atoms with Crippen LogP contribution in [-0.2, 0) is 25.7 Å². The van der Waals surface area contributed by atoms with Gasteiger partial charge in [0.25, 0.3) is 11.7 Å². The van der Waals surface area contributed by atoms with Gasteiger partial charge in [-0.1, -0.05) is 37.3 Å². The first-order valence-electron chi connectivity index (χ1n) is 13.9. The molecule has 2 aliphatic carbocycles. The number of ether oxygens (including phenoxy) is 1. The SMILES string of the molecule is CCCN(CC1CC1)C(=O)C(=O)c1cn(CC(=O)OCC)c2ccc(NC(=O)[C@@H]3C[C@H]3c3ccccc3)cc12. The van der Waals surface area contributed by atoms with E-state index in [1.54, 1.807) is 40.8 Å². The molecule has 2 amide bonds. The van der Waals surface area contributed by atoms with Crippen LogP contribution in [0.2, 0.25) is 0 Å². The molecule has 0 aliphatic heterocycles. The molecule has 3 aromatic rings. The van der Waals surface area contributed by atoms with Gasteiger partial charge in [-0.3, -0.25) is 19.2 Å². The maximum Gasteiger partial charge on any atom is 0.325 e. The van der Waals surface area contributed by atoms with Crippen LogP contribution in [0, 0.1) is 11.8 Å². The normalized spacial score (nSPS) is 18.0. The molecule has 0 saturated heterocycles. The maximum absolute atomic E-state index is 13.5. The van der Waals surface area contributed by atoms with Crippen LogP contribution in [0.25, 0.3) is 10.9 Å². The Morgan fingerprint density at radius 3 is 2.51 bits per heavy atom. The summed E-state index contributed by atoms with van der Waals surface area (Å²) in [6, 6.07) is 15.2. The molecule has 0 unspecified atom stereocenters. The minimum Gasteiger partial charge on any atom is -0.465 e. The number of aromatic nitrogens is 1. The second-order valence-corrected chi connectivity index (χ2v) is 10.6. The van der Waals surface area contributed by atoms with Crippen molar-refractivity contribution in [1.29, 1.82) is 0 Å². The number of rotatable bonds is 12. The standard InChI is InChI=1S/C31H35N3O5/c1-3-14-33(17-20-10-11-20)31(38)29(36)26-18-34(19-28(35)39-4-2)27-13-12-22(15-24(26)27)32-30(37)25-16-23(25)21-8-6-5-7-9-21/h5-9,12-13,15,18,20,23,25H,3-4,10-11,14,16-17,19H2,1-2H3,(H,32,37)/t23-,25+/m0/s1. The third-order valence-electron chi connectivity index (χ3n) is 7.50. The smallest absolute Gasteiger partial charge is 0.325 e. The lowest BCUT2D eigenvalue weighted by molar-refractivity contribution is -0.143. The fourth-order valence-electron chi connectivity index (χ4n) is 5.24. The first-order valence-corrected chi connectivity index (χ1v) is 13.9. The van der Waals surface area contributed by atoms with Crippen LogP contribution in [0.3, 0.4) is 0 Å². The largest absolute Gasteiger partial charge is 0.465 e. The first-order chi connectivity index (χ1) is 18.9.